The third-order valence-electron chi connectivity index (χ3n) is 10.2. The zero-order valence-corrected chi connectivity index (χ0v) is 40.5. The van der Waals surface area contributed by atoms with Crippen molar-refractivity contribution in [2.24, 2.45) is 5.41 Å². The van der Waals surface area contributed by atoms with E-state index >= 15 is 0 Å². The molecule has 18 nitrogen and oxygen atoms in total. The number of methoxy groups -OCH3 is 2. The number of urea groups is 1. The maximum atomic E-state index is 14.6. The Hall–Kier alpha value is -6.01. The molecule has 20 heteroatoms. The summed E-state index contributed by atoms with van der Waals surface area (Å²) < 4.78 is 27.9. The van der Waals surface area contributed by atoms with Crippen molar-refractivity contribution in [1.82, 2.24) is 14.9 Å². The van der Waals surface area contributed by atoms with E-state index in [4.69, 9.17) is 46.9 Å². The molecule has 2 aromatic carbocycles. The molecule has 0 radical (unpaired) electrons. The Balaban J connectivity index is 1.53. The minimum absolute atomic E-state index is 0.0144. The van der Waals surface area contributed by atoms with Crippen LogP contribution in [0.2, 0.25) is 10.0 Å². The fourth-order valence-corrected chi connectivity index (χ4v) is 7.78. The number of halogens is 2. The van der Waals surface area contributed by atoms with E-state index in [0.717, 1.165) is 40.7 Å². The molecule has 65 heavy (non-hydrogen) atoms. The number of rotatable bonds is 9. The highest BCUT2D eigenvalue weighted by Gasteiger charge is 2.46. The molecule has 3 aromatic rings. The number of carbonyl (C=O) groups is 5. The van der Waals surface area contributed by atoms with Crippen LogP contribution in [0.4, 0.5) is 53.6 Å². The molecule has 0 atom stereocenters. The standard InChI is InChI=1S/C45H58Cl2N8O10/c1-14-34(56)50-28-21-27(53-24-45(25-53)17-19-52(20-18-45)39(58)63-42(2,3)4)15-16-29(28)54(40(59)64-43(5,6)7)33-23-32(48-26-49-33)51(11)38(57)55(41(60)65-44(8,9)10)37-35(46)30(61-12)22-31(62-13)36(37)47/h14-16,21-23,26H,1,17-20,24-25H2,2-13H3,(H,50,56). The minimum Gasteiger partial charge on any atom is -0.495 e. The van der Waals surface area contributed by atoms with Crippen molar-refractivity contribution in [2.75, 3.05) is 72.4 Å². The van der Waals surface area contributed by atoms with Crippen LogP contribution in [0.15, 0.2) is 49.3 Å². The zero-order valence-electron chi connectivity index (χ0n) is 39.0. The summed E-state index contributed by atoms with van der Waals surface area (Å²) >= 11 is 13.4. The SMILES string of the molecule is C=CC(=O)Nc1cc(N2CC3(CCN(C(=O)OC(C)(C)C)CC3)C2)ccc1N(C(=O)OC(C)(C)C)c1cc(N(C)C(=O)N(C(=O)OC(C)(C)C)c2c(Cl)c(OC)cc(OC)c2Cl)ncn1. The molecule has 352 valence electrons. The molecule has 2 fully saturated rings. The summed E-state index contributed by atoms with van der Waals surface area (Å²) in [5, 5.41) is 2.44. The van der Waals surface area contributed by atoms with Gasteiger partial charge in [-0.1, -0.05) is 29.8 Å². The summed E-state index contributed by atoms with van der Waals surface area (Å²) in [7, 11) is 4.01. The average molecular weight is 942 g/mol. The van der Waals surface area contributed by atoms with Crippen LogP contribution < -0.4 is 34.4 Å². The van der Waals surface area contributed by atoms with Crippen molar-refractivity contribution in [3.63, 3.8) is 0 Å². The van der Waals surface area contributed by atoms with Gasteiger partial charge >= 0.3 is 24.3 Å². The molecule has 0 aliphatic carbocycles. The number of likely N-dealkylation sites (tertiary alicyclic amines) is 1. The Labute approximate surface area is 389 Å². The van der Waals surface area contributed by atoms with Gasteiger partial charge in [-0.15, -0.1) is 0 Å². The summed E-state index contributed by atoms with van der Waals surface area (Å²) in [5.41, 5.74) is -1.80. The normalized spacial score (nSPS) is 14.7. The van der Waals surface area contributed by atoms with Crippen LogP contribution in [-0.4, -0.2) is 109 Å². The quantitative estimate of drug-likeness (QED) is 0.158. The van der Waals surface area contributed by atoms with Crippen LogP contribution in [0.1, 0.15) is 75.2 Å². The zero-order chi connectivity index (χ0) is 48.4. The molecule has 2 aliphatic rings. The number of imide groups is 1. The van der Waals surface area contributed by atoms with Gasteiger partial charge in [0.15, 0.2) is 0 Å². The fraction of sp³-hybridized carbons (Fsp3) is 0.489. The number of hydrogen-bond acceptors (Lipinski definition) is 13. The van der Waals surface area contributed by atoms with Crippen LogP contribution in [0.5, 0.6) is 11.5 Å². The summed E-state index contributed by atoms with van der Waals surface area (Å²) in [6, 6.07) is 6.89. The van der Waals surface area contributed by atoms with E-state index in [-0.39, 0.29) is 61.8 Å². The number of amides is 6. The molecule has 2 saturated heterocycles. The Morgan fingerprint density at radius 1 is 0.785 bits per heavy atom. The van der Waals surface area contributed by atoms with Crippen molar-refractivity contribution in [2.45, 2.75) is 92.0 Å². The van der Waals surface area contributed by atoms with E-state index in [0.29, 0.717) is 31.1 Å². The van der Waals surface area contributed by atoms with Gasteiger partial charge in [0, 0.05) is 56.5 Å². The smallest absolute Gasteiger partial charge is 0.423 e. The first-order valence-corrected chi connectivity index (χ1v) is 21.5. The van der Waals surface area contributed by atoms with Crippen molar-refractivity contribution >= 4 is 87.8 Å². The molecule has 1 N–H and O–H groups in total. The van der Waals surface area contributed by atoms with Crippen LogP contribution in [0.25, 0.3) is 0 Å². The van der Waals surface area contributed by atoms with Crippen LogP contribution in [-0.2, 0) is 19.0 Å². The molecule has 0 saturated carbocycles. The number of hydrogen-bond donors (Lipinski definition) is 1. The van der Waals surface area contributed by atoms with E-state index in [9.17, 15) is 24.0 Å². The van der Waals surface area contributed by atoms with Gasteiger partial charge in [-0.05, 0) is 99.4 Å². The molecule has 2 aliphatic heterocycles. The maximum Gasteiger partial charge on any atom is 0.423 e. The van der Waals surface area contributed by atoms with Gasteiger partial charge < -0.3 is 38.8 Å². The van der Waals surface area contributed by atoms with Gasteiger partial charge in [-0.3, -0.25) is 9.69 Å². The number of ether oxygens (including phenoxy) is 5. The highest BCUT2D eigenvalue weighted by molar-refractivity contribution is 6.43. The number of nitrogens with one attached hydrogen (secondary N) is 1. The first-order valence-electron chi connectivity index (χ1n) is 20.8. The molecule has 0 unspecified atom stereocenters. The third kappa shape index (κ3) is 11.8. The van der Waals surface area contributed by atoms with Gasteiger partial charge in [0.2, 0.25) is 5.91 Å². The van der Waals surface area contributed by atoms with E-state index < -0.39 is 40.9 Å². The van der Waals surface area contributed by atoms with E-state index in [2.05, 4.69) is 26.8 Å². The predicted molar refractivity (Wildman–Crippen MR) is 249 cm³/mol. The fourth-order valence-electron chi connectivity index (χ4n) is 7.11. The molecule has 1 spiro atoms. The second kappa shape index (κ2) is 19.2. The van der Waals surface area contributed by atoms with Gasteiger partial charge in [-0.2, -0.15) is 4.90 Å². The topological polar surface area (TPSA) is 186 Å². The lowest BCUT2D eigenvalue weighted by Crippen LogP contribution is -2.61. The molecule has 6 amide bonds. The Morgan fingerprint density at radius 3 is 1.85 bits per heavy atom. The van der Waals surface area contributed by atoms with Crippen molar-refractivity contribution in [3.05, 3.63) is 59.4 Å². The third-order valence-corrected chi connectivity index (χ3v) is 10.9. The molecule has 3 heterocycles. The lowest BCUT2D eigenvalue weighted by molar-refractivity contribution is -0.111. The average Bonchev–Trinajstić information content (AvgIpc) is 3.19. The highest BCUT2D eigenvalue weighted by Crippen LogP contribution is 2.48. The second-order valence-corrected chi connectivity index (χ2v) is 19.4. The van der Waals surface area contributed by atoms with Crippen molar-refractivity contribution in [1.29, 1.82) is 0 Å². The summed E-state index contributed by atoms with van der Waals surface area (Å²) in [6.45, 7) is 21.6. The predicted octanol–water partition coefficient (Wildman–Crippen LogP) is 9.83. The second-order valence-electron chi connectivity index (χ2n) is 18.7. The Morgan fingerprint density at radius 2 is 1.32 bits per heavy atom. The lowest BCUT2D eigenvalue weighted by atomic mass is 9.72. The Bertz CT molecular complexity index is 2300. The van der Waals surface area contributed by atoms with Crippen LogP contribution in [0, 0.1) is 5.41 Å². The van der Waals surface area contributed by atoms with E-state index in [1.807, 2.05) is 26.8 Å². The van der Waals surface area contributed by atoms with Crippen molar-refractivity contribution < 1.29 is 47.7 Å². The Kier molecular flexibility index (Phi) is 14.8. The maximum absolute atomic E-state index is 14.6. The number of piperidine rings is 1. The van der Waals surface area contributed by atoms with Gasteiger partial charge in [0.05, 0.1) is 25.6 Å². The monoisotopic (exact) mass is 940 g/mol. The summed E-state index contributed by atoms with van der Waals surface area (Å²) in [5.74, 6) is -0.633. The number of benzene rings is 2. The molecular weight excluding hydrogens is 883 g/mol. The lowest BCUT2D eigenvalue weighted by Gasteiger charge is -2.55. The number of aromatic nitrogens is 2. The first-order chi connectivity index (χ1) is 30.2. The number of carbonyl (C=O) groups excluding carboxylic acids is 5. The van der Waals surface area contributed by atoms with Gasteiger partial charge in [0.1, 0.15) is 62.0 Å². The van der Waals surface area contributed by atoms with Crippen molar-refractivity contribution in [3.8, 4) is 11.5 Å². The van der Waals surface area contributed by atoms with E-state index in [1.165, 1.54) is 33.4 Å². The van der Waals surface area contributed by atoms with E-state index in [1.54, 1.807) is 58.6 Å². The number of anilines is 6. The summed E-state index contributed by atoms with van der Waals surface area (Å²) in [6.07, 6.45) is 1.46. The minimum atomic E-state index is -1.14. The summed E-state index contributed by atoms with van der Waals surface area (Å²) in [4.78, 5) is 83.9. The van der Waals surface area contributed by atoms with Gasteiger partial charge in [0.25, 0.3) is 0 Å². The number of nitrogens with zero attached hydrogens (tertiary/aromatic N) is 7. The highest BCUT2D eigenvalue weighted by atomic mass is 35.5. The largest absolute Gasteiger partial charge is 0.495 e. The van der Waals surface area contributed by atoms with Gasteiger partial charge in [-0.25, -0.2) is 34.0 Å². The molecular formula is C45H58Cl2N8O10. The van der Waals surface area contributed by atoms with Crippen LogP contribution in [0.3, 0.4) is 0 Å². The van der Waals surface area contributed by atoms with Crippen LogP contribution >= 0.6 is 23.2 Å². The molecule has 1 aromatic heterocycles. The molecule has 0 bridgehead atoms. The molecule has 5 rings (SSSR count). The first kappa shape index (κ1) is 50.0.